The Labute approximate surface area is 171 Å². The summed E-state index contributed by atoms with van der Waals surface area (Å²) in [6.07, 6.45) is 4.74. The summed E-state index contributed by atoms with van der Waals surface area (Å²) in [5.41, 5.74) is 2.60. The topological polar surface area (TPSA) is 73.7 Å². The molecule has 29 heavy (non-hydrogen) atoms. The zero-order valence-electron chi connectivity index (χ0n) is 17.1. The van der Waals surface area contributed by atoms with Crippen LogP contribution in [0.1, 0.15) is 36.1 Å². The van der Waals surface area contributed by atoms with Gasteiger partial charge in [0.25, 0.3) is 11.7 Å². The minimum atomic E-state index is -0.645. The molecule has 1 saturated heterocycles. The van der Waals surface area contributed by atoms with Crippen molar-refractivity contribution in [1.82, 2.24) is 14.8 Å². The van der Waals surface area contributed by atoms with Gasteiger partial charge in [0.15, 0.2) is 0 Å². The molecule has 1 aliphatic rings. The maximum atomic E-state index is 12.9. The molecule has 1 aromatic carbocycles. The van der Waals surface area contributed by atoms with Crippen LogP contribution in [0.25, 0.3) is 5.76 Å². The van der Waals surface area contributed by atoms with Gasteiger partial charge >= 0.3 is 0 Å². The lowest BCUT2D eigenvalue weighted by molar-refractivity contribution is -0.139. The number of likely N-dealkylation sites (tertiary alicyclic amines) is 1. The van der Waals surface area contributed by atoms with E-state index in [1.165, 1.54) is 5.56 Å². The molecule has 3 rings (SSSR count). The first-order valence-electron chi connectivity index (χ1n) is 9.86. The van der Waals surface area contributed by atoms with E-state index in [1.54, 1.807) is 29.4 Å². The molecule has 0 radical (unpaired) electrons. The number of carbonyl (C=O) groups excluding carboxylic acids is 2. The van der Waals surface area contributed by atoms with Gasteiger partial charge in [-0.25, -0.2) is 0 Å². The number of nitrogens with zero attached hydrogens (tertiary/aromatic N) is 3. The second-order valence-corrected chi connectivity index (χ2v) is 7.48. The molecule has 6 heteroatoms. The van der Waals surface area contributed by atoms with Crippen LogP contribution in [0, 0.1) is 0 Å². The Hall–Kier alpha value is -2.99. The van der Waals surface area contributed by atoms with Gasteiger partial charge in [0.1, 0.15) is 5.76 Å². The van der Waals surface area contributed by atoms with Crippen molar-refractivity contribution in [2.45, 2.75) is 25.8 Å². The van der Waals surface area contributed by atoms with Gasteiger partial charge in [0.05, 0.1) is 11.6 Å². The Balaban J connectivity index is 2.06. The number of aryl methyl sites for hydroxylation is 1. The predicted molar refractivity (Wildman–Crippen MR) is 112 cm³/mol. The van der Waals surface area contributed by atoms with Gasteiger partial charge in [-0.3, -0.25) is 14.6 Å². The van der Waals surface area contributed by atoms with Crippen molar-refractivity contribution in [3.63, 3.8) is 0 Å². The van der Waals surface area contributed by atoms with E-state index < -0.39 is 17.7 Å². The lowest BCUT2D eigenvalue weighted by Gasteiger charge is -2.26. The van der Waals surface area contributed by atoms with Crippen molar-refractivity contribution in [1.29, 1.82) is 0 Å². The summed E-state index contributed by atoms with van der Waals surface area (Å²) in [4.78, 5) is 33.3. The second-order valence-electron chi connectivity index (χ2n) is 7.48. The Kier molecular flexibility index (Phi) is 6.44. The summed E-state index contributed by atoms with van der Waals surface area (Å²) in [5.74, 6) is -1.37. The summed E-state index contributed by atoms with van der Waals surface area (Å²) in [5, 5.41) is 10.9. The number of aliphatic hydroxyl groups is 1. The maximum absolute atomic E-state index is 12.9. The SMILES string of the molecule is CCc1ccc(C2/C(=C(/O)c3ccncc3)C(=O)C(=O)N2CCCN(C)C)cc1. The van der Waals surface area contributed by atoms with E-state index in [9.17, 15) is 14.7 Å². The minimum absolute atomic E-state index is 0.135. The highest BCUT2D eigenvalue weighted by atomic mass is 16.3. The summed E-state index contributed by atoms with van der Waals surface area (Å²) >= 11 is 0. The minimum Gasteiger partial charge on any atom is -0.507 e. The second kappa shape index (κ2) is 9.01. The molecule has 1 N–H and O–H groups in total. The average molecular weight is 393 g/mol. The molecule has 1 aliphatic heterocycles. The molecular weight excluding hydrogens is 366 g/mol. The molecule has 2 heterocycles. The third-order valence-corrected chi connectivity index (χ3v) is 5.20. The van der Waals surface area contributed by atoms with Gasteiger partial charge in [0.2, 0.25) is 0 Å². The smallest absolute Gasteiger partial charge is 0.295 e. The van der Waals surface area contributed by atoms with E-state index in [-0.39, 0.29) is 11.3 Å². The van der Waals surface area contributed by atoms with E-state index in [2.05, 4.69) is 11.9 Å². The van der Waals surface area contributed by atoms with Crippen LogP contribution in [0.2, 0.25) is 0 Å². The van der Waals surface area contributed by atoms with Crippen molar-refractivity contribution in [3.8, 4) is 0 Å². The highest BCUT2D eigenvalue weighted by Crippen LogP contribution is 2.39. The first-order valence-corrected chi connectivity index (χ1v) is 9.86. The Morgan fingerprint density at radius 2 is 1.76 bits per heavy atom. The molecule has 0 spiro atoms. The number of carbonyl (C=O) groups is 2. The van der Waals surface area contributed by atoms with Crippen LogP contribution < -0.4 is 0 Å². The number of amides is 1. The molecule has 2 aromatic rings. The number of hydrogen-bond donors (Lipinski definition) is 1. The van der Waals surface area contributed by atoms with E-state index in [1.807, 2.05) is 43.3 Å². The Morgan fingerprint density at radius 3 is 2.34 bits per heavy atom. The molecule has 1 aromatic heterocycles. The molecule has 0 saturated carbocycles. The van der Waals surface area contributed by atoms with Crippen LogP contribution in [-0.4, -0.2) is 58.8 Å². The lowest BCUT2D eigenvalue weighted by Crippen LogP contribution is -2.32. The van der Waals surface area contributed by atoms with E-state index >= 15 is 0 Å². The van der Waals surface area contributed by atoms with Crippen molar-refractivity contribution in [2.75, 3.05) is 27.2 Å². The van der Waals surface area contributed by atoms with Gasteiger partial charge in [-0.2, -0.15) is 0 Å². The highest BCUT2D eigenvalue weighted by Gasteiger charge is 2.45. The van der Waals surface area contributed by atoms with Gasteiger partial charge < -0.3 is 14.9 Å². The molecule has 0 bridgehead atoms. The summed E-state index contributed by atoms with van der Waals surface area (Å²) in [6.45, 7) is 3.32. The van der Waals surface area contributed by atoms with E-state index in [4.69, 9.17) is 0 Å². The number of ketones is 1. The van der Waals surface area contributed by atoms with Gasteiger partial charge in [-0.1, -0.05) is 31.2 Å². The number of rotatable bonds is 7. The highest BCUT2D eigenvalue weighted by molar-refractivity contribution is 6.46. The maximum Gasteiger partial charge on any atom is 0.295 e. The Morgan fingerprint density at radius 1 is 1.10 bits per heavy atom. The Bertz CT molecular complexity index is 905. The summed E-state index contributed by atoms with van der Waals surface area (Å²) in [6, 6.07) is 10.5. The first-order chi connectivity index (χ1) is 13.9. The molecular formula is C23H27N3O3. The van der Waals surface area contributed by atoms with Gasteiger partial charge in [-0.05, 0) is 56.7 Å². The molecule has 1 unspecified atom stereocenters. The van der Waals surface area contributed by atoms with Crippen LogP contribution in [0.4, 0.5) is 0 Å². The third kappa shape index (κ3) is 4.38. The number of pyridine rings is 1. The lowest BCUT2D eigenvalue weighted by atomic mass is 9.94. The molecule has 6 nitrogen and oxygen atoms in total. The van der Waals surface area contributed by atoms with Crippen molar-refractivity contribution in [2.24, 2.45) is 0 Å². The summed E-state index contributed by atoms with van der Waals surface area (Å²) < 4.78 is 0. The van der Waals surface area contributed by atoms with Crippen LogP contribution in [0.5, 0.6) is 0 Å². The number of aromatic nitrogens is 1. The summed E-state index contributed by atoms with van der Waals surface area (Å²) in [7, 11) is 3.94. The largest absolute Gasteiger partial charge is 0.507 e. The van der Waals surface area contributed by atoms with E-state index in [0.29, 0.717) is 12.1 Å². The van der Waals surface area contributed by atoms with Crippen molar-refractivity contribution < 1.29 is 14.7 Å². The van der Waals surface area contributed by atoms with Crippen molar-refractivity contribution in [3.05, 3.63) is 71.1 Å². The van der Waals surface area contributed by atoms with Crippen LogP contribution in [0.15, 0.2) is 54.4 Å². The van der Waals surface area contributed by atoms with E-state index in [0.717, 1.165) is 24.9 Å². The van der Waals surface area contributed by atoms with Crippen LogP contribution in [0.3, 0.4) is 0 Å². The monoisotopic (exact) mass is 393 g/mol. The average Bonchev–Trinajstić information content (AvgIpc) is 2.98. The zero-order chi connectivity index (χ0) is 21.0. The molecule has 1 fully saturated rings. The molecule has 152 valence electrons. The number of aliphatic hydroxyl groups excluding tert-OH is 1. The normalized spacial score (nSPS) is 18.6. The first kappa shape index (κ1) is 20.7. The van der Waals surface area contributed by atoms with Crippen LogP contribution >= 0.6 is 0 Å². The van der Waals surface area contributed by atoms with Gasteiger partial charge in [-0.15, -0.1) is 0 Å². The number of hydrogen-bond acceptors (Lipinski definition) is 5. The number of Topliss-reactive ketones (excluding diaryl/α,β-unsaturated/α-hetero) is 1. The standard InChI is InChI=1S/C23H27N3O3/c1-4-16-6-8-17(9-7-16)20-19(21(27)18-10-12-24-13-11-18)22(28)23(29)26(20)15-5-14-25(2)3/h6-13,20,27H,4-5,14-15H2,1-3H3/b21-19-. The third-order valence-electron chi connectivity index (χ3n) is 5.20. The molecule has 1 amide bonds. The molecule has 0 aliphatic carbocycles. The van der Waals surface area contributed by atoms with Crippen LogP contribution in [-0.2, 0) is 16.0 Å². The number of benzene rings is 1. The van der Waals surface area contributed by atoms with Gasteiger partial charge in [0, 0.05) is 24.5 Å². The predicted octanol–water partition coefficient (Wildman–Crippen LogP) is 3.02. The quantitative estimate of drug-likeness (QED) is 0.445. The zero-order valence-corrected chi connectivity index (χ0v) is 17.1. The fourth-order valence-electron chi connectivity index (χ4n) is 3.62. The fraction of sp³-hybridized carbons (Fsp3) is 0.348. The molecule has 1 atom stereocenters. The fourth-order valence-corrected chi connectivity index (χ4v) is 3.62. The van der Waals surface area contributed by atoms with Crippen molar-refractivity contribution >= 4 is 17.4 Å².